The van der Waals surface area contributed by atoms with Gasteiger partial charge in [-0.2, -0.15) is 10.2 Å². The lowest BCUT2D eigenvalue weighted by Crippen LogP contribution is -2.18. The van der Waals surface area contributed by atoms with Crippen LogP contribution in [-0.4, -0.2) is 41.8 Å². The average molecular weight is 416 g/mol. The molecule has 1 aromatic heterocycles. The number of rotatable bonds is 5. The maximum absolute atomic E-state index is 5.61. The number of aliphatic imine (C=N–C) groups is 1. The van der Waals surface area contributed by atoms with Crippen molar-refractivity contribution in [2.45, 2.75) is 19.4 Å². The minimum atomic E-state index is 0.107. The number of fused-ring (bicyclic) bond motifs is 1. The molecule has 7 nitrogen and oxygen atoms in total. The molecule has 3 N–H and O–H groups in total. The number of nitrogens with two attached hydrogens (primary N) is 1. The first-order valence-corrected chi connectivity index (χ1v) is 10.4. The van der Waals surface area contributed by atoms with E-state index >= 15 is 0 Å². The number of benzene rings is 2. The summed E-state index contributed by atoms with van der Waals surface area (Å²) in [4.78, 5) is 6.93. The Balaban J connectivity index is 1.78. The Kier molecular flexibility index (Phi) is 5.75. The number of nitrogens with zero attached hydrogens (tertiary/aromatic N) is 5. The molecule has 31 heavy (non-hydrogen) atoms. The fourth-order valence-corrected chi connectivity index (χ4v) is 3.96. The van der Waals surface area contributed by atoms with Crippen molar-refractivity contribution < 1.29 is 0 Å². The van der Waals surface area contributed by atoms with Gasteiger partial charge in [-0.1, -0.05) is 18.2 Å². The van der Waals surface area contributed by atoms with E-state index in [4.69, 9.17) is 10.8 Å². The van der Waals surface area contributed by atoms with E-state index in [9.17, 15) is 0 Å². The van der Waals surface area contributed by atoms with Gasteiger partial charge in [0.25, 0.3) is 0 Å². The summed E-state index contributed by atoms with van der Waals surface area (Å²) in [5, 5.41) is 12.0. The molecule has 2 heterocycles. The Morgan fingerprint density at radius 2 is 2.03 bits per heavy atom. The SMILES string of the molecule is CC(=NN)C1=NCCC(Nc2cccc(N(C)C)c2)c2cc(-c3cnn(C)c3)ccc21. The van der Waals surface area contributed by atoms with Crippen LogP contribution in [0.5, 0.6) is 0 Å². The minimum absolute atomic E-state index is 0.107. The second kappa shape index (κ2) is 8.63. The Bertz CT molecular complexity index is 1140. The number of anilines is 2. The van der Waals surface area contributed by atoms with Crippen molar-refractivity contribution in [2.24, 2.45) is 23.0 Å². The molecule has 0 radical (unpaired) electrons. The number of hydrogen-bond acceptors (Lipinski definition) is 6. The van der Waals surface area contributed by atoms with E-state index in [-0.39, 0.29) is 6.04 Å². The summed E-state index contributed by atoms with van der Waals surface area (Å²) in [6, 6.07) is 15.1. The maximum atomic E-state index is 5.61. The molecule has 160 valence electrons. The van der Waals surface area contributed by atoms with Crippen molar-refractivity contribution in [3.05, 3.63) is 66.0 Å². The molecule has 7 heteroatoms. The third kappa shape index (κ3) is 4.30. The Morgan fingerprint density at radius 1 is 1.19 bits per heavy atom. The van der Waals surface area contributed by atoms with Crippen LogP contribution in [0.15, 0.2) is 65.0 Å². The second-order valence-corrected chi connectivity index (χ2v) is 8.08. The second-order valence-electron chi connectivity index (χ2n) is 8.08. The van der Waals surface area contributed by atoms with Crippen LogP contribution in [0, 0.1) is 0 Å². The lowest BCUT2D eigenvalue weighted by molar-refractivity contribution is 0.712. The van der Waals surface area contributed by atoms with Crippen LogP contribution in [0.25, 0.3) is 11.1 Å². The largest absolute Gasteiger partial charge is 0.378 e. The molecule has 0 amide bonds. The molecule has 4 rings (SSSR count). The zero-order valence-electron chi connectivity index (χ0n) is 18.5. The fraction of sp³-hybridized carbons (Fsp3) is 0.292. The number of aryl methyl sites for hydroxylation is 1. The zero-order valence-corrected chi connectivity index (χ0v) is 18.5. The van der Waals surface area contributed by atoms with Crippen molar-refractivity contribution in [2.75, 3.05) is 30.9 Å². The first kappa shape index (κ1) is 20.7. The molecule has 3 aromatic rings. The number of hydrogen-bond donors (Lipinski definition) is 2. The highest BCUT2D eigenvalue weighted by Crippen LogP contribution is 2.33. The van der Waals surface area contributed by atoms with Crippen LogP contribution in [-0.2, 0) is 7.05 Å². The molecule has 0 bridgehead atoms. The minimum Gasteiger partial charge on any atom is -0.378 e. The summed E-state index contributed by atoms with van der Waals surface area (Å²) in [6.07, 6.45) is 4.79. The lowest BCUT2D eigenvalue weighted by Gasteiger charge is -2.23. The van der Waals surface area contributed by atoms with Crippen LogP contribution in [0.2, 0.25) is 0 Å². The van der Waals surface area contributed by atoms with Gasteiger partial charge in [0.05, 0.1) is 23.7 Å². The van der Waals surface area contributed by atoms with Gasteiger partial charge in [0.1, 0.15) is 0 Å². The van der Waals surface area contributed by atoms with Crippen LogP contribution in [0.1, 0.15) is 30.5 Å². The van der Waals surface area contributed by atoms with Gasteiger partial charge in [0.2, 0.25) is 0 Å². The van der Waals surface area contributed by atoms with Crippen LogP contribution in [0.3, 0.4) is 0 Å². The highest BCUT2D eigenvalue weighted by molar-refractivity contribution is 6.48. The Labute approximate surface area is 183 Å². The van der Waals surface area contributed by atoms with Gasteiger partial charge in [-0.05, 0) is 48.7 Å². The molecule has 0 aliphatic carbocycles. The molecule has 0 spiro atoms. The van der Waals surface area contributed by atoms with E-state index in [1.807, 2.05) is 31.0 Å². The van der Waals surface area contributed by atoms with Crippen molar-refractivity contribution in [3.8, 4) is 11.1 Å². The molecule has 2 aromatic carbocycles. The van der Waals surface area contributed by atoms with Gasteiger partial charge in [-0.3, -0.25) is 9.67 Å². The summed E-state index contributed by atoms with van der Waals surface area (Å²) in [7, 11) is 6.03. The third-order valence-corrected chi connectivity index (χ3v) is 5.65. The van der Waals surface area contributed by atoms with Crippen LogP contribution >= 0.6 is 0 Å². The number of hydrazone groups is 1. The lowest BCUT2D eigenvalue weighted by atomic mass is 9.91. The van der Waals surface area contributed by atoms with Gasteiger partial charge < -0.3 is 16.1 Å². The normalized spacial score (nSPS) is 16.3. The van der Waals surface area contributed by atoms with Gasteiger partial charge in [0.15, 0.2) is 0 Å². The third-order valence-electron chi connectivity index (χ3n) is 5.65. The van der Waals surface area contributed by atoms with E-state index in [0.29, 0.717) is 6.54 Å². The predicted molar refractivity (Wildman–Crippen MR) is 129 cm³/mol. The summed E-state index contributed by atoms with van der Waals surface area (Å²) in [5.41, 5.74) is 8.32. The molecular weight excluding hydrogens is 386 g/mol. The van der Waals surface area contributed by atoms with Crippen molar-refractivity contribution in [3.63, 3.8) is 0 Å². The van der Waals surface area contributed by atoms with E-state index in [1.165, 1.54) is 5.56 Å². The van der Waals surface area contributed by atoms with Gasteiger partial charge in [-0.25, -0.2) is 0 Å². The van der Waals surface area contributed by atoms with E-state index < -0.39 is 0 Å². The van der Waals surface area contributed by atoms with E-state index in [2.05, 4.69) is 77.0 Å². The molecule has 1 aliphatic rings. The summed E-state index contributed by atoms with van der Waals surface area (Å²) >= 11 is 0. The fourth-order valence-electron chi connectivity index (χ4n) is 3.96. The maximum Gasteiger partial charge on any atom is 0.0879 e. The smallest absolute Gasteiger partial charge is 0.0879 e. The highest BCUT2D eigenvalue weighted by atomic mass is 15.2. The zero-order chi connectivity index (χ0) is 22.0. The standard InChI is InChI=1S/C24H29N7/c1-16(29-25)24-21-9-8-17(18-14-27-31(4)15-18)12-22(21)23(10-11-26-24)28-19-6-5-7-20(13-19)30(2)3/h5-9,12-15,23,28H,10-11,25H2,1-4H3. The van der Waals surface area contributed by atoms with Crippen molar-refractivity contribution in [1.82, 2.24) is 9.78 Å². The summed E-state index contributed by atoms with van der Waals surface area (Å²) in [5.74, 6) is 5.61. The number of aromatic nitrogens is 2. The van der Waals surface area contributed by atoms with Crippen LogP contribution < -0.4 is 16.1 Å². The summed E-state index contributed by atoms with van der Waals surface area (Å²) < 4.78 is 1.82. The van der Waals surface area contributed by atoms with Gasteiger partial charge >= 0.3 is 0 Å². The predicted octanol–water partition coefficient (Wildman–Crippen LogP) is 3.83. The van der Waals surface area contributed by atoms with E-state index in [0.717, 1.165) is 45.9 Å². The molecule has 0 fully saturated rings. The van der Waals surface area contributed by atoms with Crippen molar-refractivity contribution >= 4 is 22.8 Å². The van der Waals surface area contributed by atoms with Crippen LogP contribution in [0.4, 0.5) is 11.4 Å². The molecule has 0 saturated carbocycles. The monoisotopic (exact) mass is 415 g/mol. The molecular formula is C24H29N7. The topological polar surface area (TPSA) is 83.8 Å². The average Bonchev–Trinajstić information content (AvgIpc) is 3.13. The highest BCUT2D eigenvalue weighted by Gasteiger charge is 2.23. The first-order valence-electron chi connectivity index (χ1n) is 10.4. The summed E-state index contributed by atoms with van der Waals surface area (Å²) in [6.45, 7) is 2.61. The molecule has 1 unspecified atom stereocenters. The number of nitrogens with one attached hydrogen (secondary N) is 1. The Hall–Kier alpha value is -3.61. The molecule has 1 atom stereocenters. The van der Waals surface area contributed by atoms with Crippen molar-refractivity contribution in [1.29, 1.82) is 0 Å². The van der Waals surface area contributed by atoms with Gasteiger partial charge in [-0.15, -0.1) is 0 Å². The molecule has 0 saturated heterocycles. The first-order chi connectivity index (χ1) is 15.0. The Morgan fingerprint density at radius 3 is 2.74 bits per heavy atom. The molecule has 1 aliphatic heterocycles. The quantitative estimate of drug-likeness (QED) is 0.377. The van der Waals surface area contributed by atoms with Gasteiger partial charge in [0, 0.05) is 56.4 Å². The van der Waals surface area contributed by atoms with E-state index in [1.54, 1.807) is 0 Å².